The standard InChI is InChI=1S/C25H30N2O4S/c1-3-4-5-14-30-19-10-8-18(9-11-19)24(28)27(17-21-7-6-15-31-21)25-26-22-16-20(29-2)12-13-23(22)32-25/h8-13,16,21H,3-7,14-15,17H2,1-2H3. The van der Waals surface area contributed by atoms with Crippen molar-refractivity contribution in [2.75, 3.05) is 31.8 Å². The maximum absolute atomic E-state index is 13.5. The van der Waals surface area contributed by atoms with E-state index in [1.807, 2.05) is 42.5 Å². The van der Waals surface area contributed by atoms with Gasteiger partial charge in [0.05, 0.1) is 36.6 Å². The van der Waals surface area contributed by atoms with E-state index in [0.29, 0.717) is 23.8 Å². The topological polar surface area (TPSA) is 60.9 Å². The molecule has 0 radical (unpaired) electrons. The second-order valence-corrected chi connectivity index (χ2v) is 8.97. The second kappa shape index (κ2) is 10.8. The monoisotopic (exact) mass is 454 g/mol. The van der Waals surface area contributed by atoms with Gasteiger partial charge in [-0.3, -0.25) is 9.69 Å². The van der Waals surface area contributed by atoms with Crippen LogP contribution in [0.3, 0.4) is 0 Å². The van der Waals surface area contributed by atoms with Gasteiger partial charge in [0.25, 0.3) is 5.91 Å². The van der Waals surface area contributed by atoms with Crippen LogP contribution in [0.1, 0.15) is 49.4 Å². The van der Waals surface area contributed by atoms with Crippen LogP contribution in [0, 0.1) is 0 Å². The molecule has 1 atom stereocenters. The zero-order valence-electron chi connectivity index (χ0n) is 18.7. The van der Waals surface area contributed by atoms with Crippen molar-refractivity contribution in [1.29, 1.82) is 0 Å². The Balaban J connectivity index is 1.55. The second-order valence-electron chi connectivity index (χ2n) is 7.96. The molecule has 0 N–H and O–H groups in total. The van der Waals surface area contributed by atoms with E-state index >= 15 is 0 Å². The van der Waals surface area contributed by atoms with Crippen LogP contribution in [0.2, 0.25) is 0 Å². The number of ether oxygens (including phenoxy) is 3. The van der Waals surface area contributed by atoms with Crippen molar-refractivity contribution in [3.05, 3.63) is 48.0 Å². The Morgan fingerprint density at radius 1 is 1.19 bits per heavy atom. The Labute approximate surface area is 193 Å². The number of carbonyl (C=O) groups is 1. The molecule has 6 nitrogen and oxygen atoms in total. The normalized spacial score (nSPS) is 15.8. The number of thiazole rings is 1. The molecule has 1 aliphatic rings. The highest BCUT2D eigenvalue weighted by Gasteiger charge is 2.27. The Bertz CT molecular complexity index is 1030. The fraction of sp³-hybridized carbons (Fsp3) is 0.440. The fourth-order valence-electron chi connectivity index (χ4n) is 3.77. The molecular weight excluding hydrogens is 424 g/mol. The molecule has 1 saturated heterocycles. The summed E-state index contributed by atoms with van der Waals surface area (Å²) in [5.74, 6) is 1.46. The molecule has 0 aliphatic carbocycles. The average molecular weight is 455 g/mol. The van der Waals surface area contributed by atoms with Gasteiger partial charge in [0.2, 0.25) is 0 Å². The van der Waals surface area contributed by atoms with Crippen LogP contribution in [0.25, 0.3) is 10.2 Å². The number of methoxy groups -OCH3 is 1. The molecule has 0 saturated carbocycles. The number of rotatable bonds is 10. The maximum Gasteiger partial charge on any atom is 0.260 e. The van der Waals surface area contributed by atoms with Gasteiger partial charge in [-0.1, -0.05) is 31.1 Å². The summed E-state index contributed by atoms with van der Waals surface area (Å²) < 4.78 is 18.0. The molecule has 1 aromatic heterocycles. The van der Waals surface area contributed by atoms with E-state index in [0.717, 1.165) is 60.4 Å². The van der Waals surface area contributed by atoms with Gasteiger partial charge in [-0.05, 0) is 55.7 Å². The summed E-state index contributed by atoms with van der Waals surface area (Å²) in [5, 5.41) is 0.675. The molecule has 0 bridgehead atoms. The summed E-state index contributed by atoms with van der Waals surface area (Å²) >= 11 is 1.51. The highest BCUT2D eigenvalue weighted by Crippen LogP contribution is 2.33. The summed E-state index contributed by atoms with van der Waals surface area (Å²) in [6.07, 6.45) is 5.36. The molecule has 7 heteroatoms. The maximum atomic E-state index is 13.5. The average Bonchev–Trinajstić information content (AvgIpc) is 3.49. The Hall–Kier alpha value is -2.64. The number of carbonyl (C=O) groups excluding carboxylic acids is 1. The lowest BCUT2D eigenvalue weighted by Gasteiger charge is -2.23. The third kappa shape index (κ3) is 5.40. The molecule has 1 amide bonds. The van der Waals surface area contributed by atoms with Crippen molar-refractivity contribution in [2.45, 2.75) is 45.1 Å². The molecule has 170 valence electrons. The Morgan fingerprint density at radius 3 is 2.72 bits per heavy atom. The number of anilines is 1. The van der Waals surface area contributed by atoms with E-state index in [9.17, 15) is 4.79 Å². The zero-order chi connectivity index (χ0) is 22.3. The summed E-state index contributed by atoms with van der Waals surface area (Å²) in [6, 6.07) is 13.2. The number of aromatic nitrogens is 1. The molecule has 1 fully saturated rings. The fourth-order valence-corrected chi connectivity index (χ4v) is 4.72. The highest BCUT2D eigenvalue weighted by molar-refractivity contribution is 7.22. The van der Waals surface area contributed by atoms with Crippen LogP contribution in [-0.2, 0) is 4.74 Å². The predicted molar refractivity (Wildman–Crippen MR) is 128 cm³/mol. The third-order valence-electron chi connectivity index (χ3n) is 5.59. The van der Waals surface area contributed by atoms with Crippen LogP contribution in [0.4, 0.5) is 5.13 Å². The van der Waals surface area contributed by atoms with Gasteiger partial charge in [-0.2, -0.15) is 0 Å². The minimum Gasteiger partial charge on any atom is -0.497 e. The molecule has 1 unspecified atom stereocenters. The number of unbranched alkanes of at least 4 members (excludes halogenated alkanes) is 2. The first-order chi connectivity index (χ1) is 15.7. The lowest BCUT2D eigenvalue weighted by atomic mass is 10.1. The van der Waals surface area contributed by atoms with Crippen LogP contribution < -0.4 is 14.4 Å². The van der Waals surface area contributed by atoms with Crippen molar-refractivity contribution in [3.63, 3.8) is 0 Å². The van der Waals surface area contributed by atoms with Gasteiger partial charge in [0.15, 0.2) is 5.13 Å². The number of fused-ring (bicyclic) bond motifs is 1. The molecule has 2 aromatic carbocycles. The Kier molecular flexibility index (Phi) is 7.60. The van der Waals surface area contributed by atoms with Crippen molar-refractivity contribution in [1.82, 2.24) is 4.98 Å². The number of hydrogen-bond donors (Lipinski definition) is 0. The van der Waals surface area contributed by atoms with Gasteiger partial charge in [-0.25, -0.2) is 4.98 Å². The van der Waals surface area contributed by atoms with Crippen molar-refractivity contribution in [2.24, 2.45) is 0 Å². The minimum atomic E-state index is -0.0796. The SMILES string of the molecule is CCCCCOc1ccc(C(=O)N(CC2CCCO2)c2nc3cc(OC)ccc3s2)cc1. The molecule has 4 rings (SSSR count). The highest BCUT2D eigenvalue weighted by atomic mass is 32.1. The van der Waals surface area contributed by atoms with E-state index in [4.69, 9.17) is 19.2 Å². The smallest absolute Gasteiger partial charge is 0.260 e. The first kappa shape index (κ1) is 22.6. The predicted octanol–water partition coefficient (Wildman–Crippen LogP) is 5.70. The molecule has 32 heavy (non-hydrogen) atoms. The van der Waals surface area contributed by atoms with E-state index in [1.165, 1.54) is 11.3 Å². The van der Waals surface area contributed by atoms with Gasteiger partial charge >= 0.3 is 0 Å². The van der Waals surface area contributed by atoms with Gasteiger partial charge < -0.3 is 14.2 Å². The van der Waals surface area contributed by atoms with Gasteiger partial charge in [0, 0.05) is 18.2 Å². The van der Waals surface area contributed by atoms with Crippen molar-refractivity contribution < 1.29 is 19.0 Å². The molecule has 3 aromatic rings. The summed E-state index contributed by atoms with van der Waals surface area (Å²) in [5.41, 5.74) is 1.44. The Morgan fingerprint density at radius 2 is 2.00 bits per heavy atom. The summed E-state index contributed by atoms with van der Waals surface area (Å²) in [4.78, 5) is 20.0. The number of benzene rings is 2. The van der Waals surface area contributed by atoms with Crippen LogP contribution >= 0.6 is 11.3 Å². The summed E-state index contributed by atoms with van der Waals surface area (Å²) in [7, 11) is 1.64. The minimum absolute atomic E-state index is 0.0293. The molecule has 1 aliphatic heterocycles. The van der Waals surface area contributed by atoms with Crippen molar-refractivity contribution >= 4 is 32.6 Å². The third-order valence-corrected chi connectivity index (χ3v) is 6.65. The van der Waals surface area contributed by atoms with E-state index in [1.54, 1.807) is 12.0 Å². The van der Waals surface area contributed by atoms with Crippen molar-refractivity contribution in [3.8, 4) is 11.5 Å². The number of hydrogen-bond acceptors (Lipinski definition) is 6. The first-order valence-electron chi connectivity index (χ1n) is 11.3. The van der Waals surface area contributed by atoms with Crippen LogP contribution in [0.15, 0.2) is 42.5 Å². The van der Waals surface area contributed by atoms with E-state index in [2.05, 4.69) is 6.92 Å². The van der Waals surface area contributed by atoms with Crippen LogP contribution in [-0.4, -0.2) is 43.9 Å². The molecule has 0 spiro atoms. The van der Waals surface area contributed by atoms with Crippen LogP contribution in [0.5, 0.6) is 11.5 Å². The molecule has 2 heterocycles. The number of amides is 1. The van der Waals surface area contributed by atoms with Gasteiger partial charge in [-0.15, -0.1) is 0 Å². The lowest BCUT2D eigenvalue weighted by molar-refractivity contribution is 0.0917. The van der Waals surface area contributed by atoms with E-state index < -0.39 is 0 Å². The zero-order valence-corrected chi connectivity index (χ0v) is 19.5. The van der Waals surface area contributed by atoms with Gasteiger partial charge in [0.1, 0.15) is 11.5 Å². The largest absolute Gasteiger partial charge is 0.497 e. The summed E-state index contributed by atoms with van der Waals surface area (Å²) in [6.45, 7) is 4.10. The molecular formula is C25H30N2O4S. The number of nitrogens with zero attached hydrogens (tertiary/aromatic N) is 2. The van der Waals surface area contributed by atoms with E-state index in [-0.39, 0.29) is 12.0 Å². The first-order valence-corrected chi connectivity index (χ1v) is 12.1. The quantitative estimate of drug-likeness (QED) is 0.368. The lowest BCUT2D eigenvalue weighted by Crippen LogP contribution is -2.37.